The Morgan fingerprint density at radius 2 is 1.91 bits per heavy atom. The van der Waals surface area contributed by atoms with E-state index in [9.17, 15) is 0 Å². The zero-order valence-corrected chi connectivity index (χ0v) is 8.07. The Labute approximate surface area is 71.1 Å². The summed E-state index contributed by atoms with van der Waals surface area (Å²) in [4.78, 5) is 0. The second kappa shape index (κ2) is 4.22. The zero-order chi connectivity index (χ0) is 9.02. The van der Waals surface area contributed by atoms with Crippen molar-refractivity contribution in [2.75, 3.05) is 0 Å². The minimum Gasteiger partial charge on any atom is -0.0996 e. The molecule has 0 aromatic rings. The van der Waals surface area contributed by atoms with Crippen LogP contribution in [0.1, 0.15) is 20.8 Å². The highest BCUT2D eigenvalue weighted by atomic mass is 14.1. The summed E-state index contributed by atoms with van der Waals surface area (Å²) in [5.74, 6) is 0.547. The number of hydrogen-bond donors (Lipinski definition) is 0. The molecule has 60 valence electrons. The zero-order valence-electron chi connectivity index (χ0n) is 8.07. The van der Waals surface area contributed by atoms with Crippen LogP contribution in [-0.4, -0.2) is 7.85 Å². The predicted octanol–water partition coefficient (Wildman–Crippen LogP) is 2.29. The first-order valence-electron chi connectivity index (χ1n) is 3.99. The Bertz CT molecular complexity index is 197. The summed E-state index contributed by atoms with van der Waals surface area (Å²) >= 11 is 0. The largest absolute Gasteiger partial charge is 0.139 e. The topological polar surface area (TPSA) is 0 Å². The summed E-state index contributed by atoms with van der Waals surface area (Å²) in [6.45, 7) is 14.1. The second-order valence-electron chi connectivity index (χ2n) is 3.24. The van der Waals surface area contributed by atoms with E-state index >= 15 is 0 Å². The number of allylic oxidation sites excluding steroid dienone is 4. The molecule has 0 aliphatic heterocycles. The molecule has 0 heterocycles. The van der Waals surface area contributed by atoms with E-state index in [0.29, 0.717) is 5.92 Å². The first-order valence-corrected chi connectivity index (χ1v) is 3.99. The van der Waals surface area contributed by atoms with Crippen LogP contribution in [0.15, 0.2) is 35.9 Å². The molecule has 1 heteroatoms. The highest BCUT2D eigenvalue weighted by Crippen LogP contribution is 2.20. The lowest BCUT2D eigenvalue weighted by Gasteiger charge is -2.13. The van der Waals surface area contributed by atoms with E-state index in [4.69, 9.17) is 0 Å². The molecule has 0 fully saturated rings. The maximum Gasteiger partial charge on any atom is 0.139 e. The van der Waals surface area contributed by atoms with Crippen LogP contribution in [0.2, 0.25) is 0 Å². The van der Waals surface area contributed by atoms with E-state index in [1.807, 2.05) is 13.0 Å². The van der Waals surface area contributed by atoms with E-state index in [-0.39, 0.29) is 0 Å². The third-order valence-electron chi connectivity index (χ3n) is 1.77. The quantitative estimate of drug-likeness (QED) is 0.425. The maximum atomic E-state index is 3.94. The van der Waals surface area contributed by atoms with Gasteiger partial charge in [0, 0.05) is 0 Å². The van der Waals surface area contributed by atoms with Gasteiger partial charge in [0.05, 0.1) is 0 Å². The van der Waals surface area contributed by atoms with E-state index < -0.39 is 0 Å². The van der Waals surface area contributed by atoms with Crippen molar-refractivity contribution in [3.8, 4) is 0 Å². The van der Waals surface area contributed by atoms with E-state index in [2.05, 4.69) is 34.9 Å². The molecule has 0 radical (unpaired) electrons. The van der Waals surface area contributed by atoms with Crippen molar-refractivity contribution in [2.24, 2.45) is 5.92 Å². The van der Waals surface area contributed by atoms with E-state index in [1.54, 1.807) is 0 Å². The van der Waals surface area contributed by atoms with Crippen molar-refractivity contribution in [1.82, 2.24) is 0 Å². The fourth-order valence-corrected chi connectivity index (χ4v) is 1.39. The molecule has 0 N–H and O–H groups in total. The van der Waals surface area contributed by atoms with Crippen LogP contribution < -0.4 is 0 Å². The molecule has 0 aliphatic carbocycles. The van der Waals surface area contributed by atoms with Crippen LogP contribution in [0.4, 0.5) is 0 Å². The molecule has 0 rings (SSSR count). The van der Waals surface area contributed by atoms with Gasteiger partial charge < -0.3 is 0 Å². The van der Waals surface area contributed by atoms with Crippen molar-refractivity contribution in [1.29, 1.82) is 0 Å². The van der Waals surface area contributed by atoms with Gasteiger partial charge in [0.1, 0.15) is 7.85 Å². The van der Waals surface area contributed by atoms with Crippen molar-refractivity contribution in [2.45, 2.75) is 20.8 Å². The minimum absolute atomic E-state index is 0.547. The summed E-state index contributed by atoms with van der Waals surface area (Å²) in [5, 5.41) is 0. The molecule has 0 nitrogen and oxygen atoms in total. The molecule has 0 spiro atoms. The Kier molecular flexibility index (Phi) is 3.95. The Balaban J connectivity index is 4.87. The Hall–Kier alpha value is -0.715. The molecule has 0 saturated heterocycles. The van der Waals surface area contributed by atoms with Crippen molar-refractivity contribution >= 4 is 7.85 Å². The van der Waals surface area contributed by atoms with E-state index in [0.717, 1.165) is 5.57 Å². The van der Waals surface area contributed by atoms with E-state index in [1.165, 1.54) is 11.0 Å². The van der Waals surface area contributed by atoms with Crippen molar-refractivity contribution in [3.05, 3.63) is 35.9 Å². The van der Waals surface area contributed by atoms with Gasteiger partial charge in [-0.25, -0.2) is 0 Å². The summed E-state index contributed by atoms with van der Waals surface area (Å²) in [7, 11) is 2.08. The van der Waals surface area contributed by atoms with Gasteiger partial charge in [-0.2, -0.15) is 0 Å². The van der Waals surface area contributed by atoms with Crippen LogP contribution in [-0.2, 0) is 0 Å². The summed E-state index contributed by atoms with van der Waals surface area (Å²) < 4.78 is 0. The first-order chi connectivity index (χ1) is 5.00. The van der Waals surface area contributed by atoms with Gasteiger partial charge in [-0.15, -0.1) is 0 Å². The van der Waals surface area contributed by atoms with Gasteiger partial charge >= 0.3 is 0 Å². The number of hydrogen-bond acceptors (Lipinski definition) is 0. The maximum absolute atomic E-state index is 3.94. The highest BCUT2D eigenvalue weighted by Gasteiger charge is 2.05. The number of rotatable bonds is 3. The average Bonchev–Trinajstić information content (AvgIpc) is 1.85. The standard InChI is InChI=1S/C10H17B/c1-6-9(11)10(7(2)3)8(4)5/h6,8H,1-2,11H2,3-5H3/b10-9+. The third kappa shape index (κ3) is 2.79. The van der Waals surface area contributed by atoms with Crippen molar-refractivity contribution < 1.29 is 0 Å². The third-order valence-corrected chi connectivity index (χ3v) is 1.77. The lowest BCUT2D eigenvalue weighted by Crippen LogP contribution is -1.99. The molecule has 0 saturated carbocycles. The van der Waals surface area contributed by atoms with Gasteiger partial charge in [0.2, 0.25) is 0 Å². The molecule has 0 aliphatic rings. The van der Waals surface area contributed by atoms with Crippen molar-refractivity contribution in [3.63, 3.8) is 0 Å². The Morgan fingerprint density at radius 3 is 2.00 bits per heavy atom. The summed E-state index contributed by atoms with van der Waals surface area (Å²) in [5.41, 5.74) is 3.73. The molecular weight excluding hydrogens is 131 g/mol. The van der Waals surface area contributed by atoms with Crippen LogP contribution in [0.3, 0.4) is 0 Å². The normalized spacial score (nSPS) is 12.7. The minimum atomic E-state index is 0.547. The summed E-state index contributed by atoms with van der Waals surface area (Å²) in [6.07, 6.45) is 1.89. The monoisotopic (exact) mass is 148 g/mol. The van der Waals surface area contributed by atoms with Crippen LogP contribution >= 0.6 is 0 Å². The Morgan fingerprint density at radius 1 is 1.45 bits per heavy atom. The van der Waals surface area contributed by atoms with Gasteiger partial charge in [-0.1, -0.05) is 44.1 Å². The average molecular weight is 148 g/mol. The highest BCUT2D eigenvalue weighted by molar-refractivity contribution is 6.24. The lowest BCUT2D eigenvalue weighted by atomic mass is 9.82. The van der Waals surface area contributed by atoms with Gasteiger partial charge in [-0.3, -0.25) is 0 Å². The molecule has 0 aromatic carbocycles. The van der Waals surface area contributed by atoms with Crippen LogP contribution in [0, 0.1) is 5.92 Å². The summed E-state index contributed by atoms with van der Waals surface area (Å²) in [6, 6.07) is 0. The van der Waals surface area contributed by atoms with Gasteiger partial charge in [0.25, 0.3) is 0 Å². The van der Waals surface area contributed by atoms with Crippen LogP contribution in [0.5, 0.6) is 0 Å². The molecule has 0 atom stereocenters. The molecule has 0 amide bonds. The second-order valence-corrected chi connectivity index (χ2v) is 3.24. The molecular formula is C10H17B. The SMILES string of the molecule is B/C(C=C)=C(\C(=C)C)C(C)C. The molecule has 0 unspecified atom stereocenters. The smallest absolute Gasteiger partial charge is 0.0996 e. The van der Waals surface area contributed by atoms with Crippen LogP contribution in [0.25, 0.3) is 0 Å². The van der Waals surface area contributed by atoms with Gasteiger partial charge in [0.15, 0.2) is 0 Å². The molecule has 0 bridgehead atoms. The lowest BCUT2D eigenvalue weighted by molar-refractivity contribution is 0.776. The fourth-order valence-electron chi connectivity index (χ4n) is 1.39. The first kappa shape index (κ1) is 10.3. The predicted molar refractivity (Wildman–Crippen MR) is 55.4 cm³/mol. The molecule has 0 aromatic heterocycles. The molecule has 11 heavy (non-hydrogen) atoms. The van der Waals surface area contributed by atoms with Gasteiger partial charge in [-0.05, 0) is 18.4 Å². The fraction of sp³-hybridized carbons (Fsp3) is 0.400.